The van der Waals surface area contributed by atoms with Gasteiger partial charge in [-0.05, 0) is 32.0 Å². The van der Waals surface area contributed by atoms with E-state index in [1.54, 1.807) is 19.2 Å². The minimum atomic E-state index is 0.324. The maximum absolute atomic E-state index is 6.15. The van der Waals surface area contributed by atoms with E-state index in [0.29, 0.717) is 27.4 Å². The molecule has 5 nitrogen and oxygen atoms in total. The van der Waals surface area contributed by atoms with Crippen LogP contribution >= 0.6 is 23.2 Å². The molecule has 0 spiro atoms. The summed E-state index contributed by atoms with van der Waals surface area (Å²) in [7, 11) is 1.59. The van der Waals surface area contributed by atoms with Crippen LogP contribution < -0.4 is 4.74 Å². The Labute approximate surface area is 131 Å². The maximum atomic E-state index is 6.15. The third-order valence-electron chi connectivity index (χ3n) is 3.38. The minimum Gasteiger partial charge on any atom is -0.496 e. The Bertz CT molecular complexity index is 845. The van der Waals surface area contributed by atoms with Crippen LogP contribution in [0.4, 0.5) is 0 Å². The highest BCUT2D eigenvalue weighted by Gasteiger charge is 2.18. The van der Waals surface area contributed by atoms with Gasteiger partial charge in [-0.15, -0.1) is 10.2 Å². The van der Waals surface area contributed by atoms with Gasteiger partial charge in [-0.2, -0.15) is 0 Å². The zero-order valence-corrected chi connectivity index (χ0v) is 13.2. The van der Waals surface area contributed by atoms with Crippen molar-refractivity contribution in [3.05, 3.63) is 39.8 Å². The number of rotatable bonds is 2. The number of hydrogen-bond acceptors (Lipinski definition) is 4. The summed E-state index contributed by atoms with van der Waals surface area (Å²) in [5.41, 5.74) is 3.05. The van der Waals surface area contributed by atoms with Crippen molar-refractivity contribution in [3.63, 3.8) is 0 Å². The molecule has 0 amide bonds. The number of hydrogen-bond donors (Lipinski definition) is 0. The van der Waals surface area contributed by atoms with Gasteiger partial charge in [-0.1, -0.05) is 23.2 Å². The summed E-state index contributed by atoms with van der Waals surface area (Å²) in [6, 6.07) is 5.37. The fourth-order valence-corrected chi connectivity index (χ4v) is 2.61. The molecule has 1 aromatic carbocycles. The van der Waals surface area contributed by atoms with Crippen molar-refractivity contribution < 1.29 is 4.74 Å². The Hall–Kier alpha value is -1.85. The highest BCUT2D eigenvalue weighted by molar-refractivity contribution is 6.32. The lowest BCUT2D eigenvalue weighted by Gasteiger charge is -2.10. The summed E-state index contributed by atoms with van der Waals surface area (Å²) in [5, 5.41) is 9.27. The van der Waals surface area contributed by atoms with E-state index in [-0.39, 0.29) is 0 Å². The third kappa shape index (κ3) is 2.22. The molecule has 0 aliphatic rings. The molecule has 0 bridgehead atoms. The Morgan fingerprint density at radius 1 is 1.14 bits per heavy atom. The third-order valence-corrected chi connectivity index (χ3v) is 3.87. The van der Waals surface area contributed by atoms with Crippen molar-refractivity contribution in [3.8, 4) is 17.1 Å². The number of aromatic nitrogens is 4. The van der Waals surface area contributed by atoms with E-state index in [2.05, 4.69) is 15.2 Å². The van der Waals surface area contributed by atoms with Crippen LogP contribution in [0.15, 0.2) is 18.2 Å². The van der Waals surface area contributed by atoms with Crippen LogP contribution in [0.1, 0.15) is 11.4 Å². The average Bonchev–Trinajstić information content (AvgIpc) is 2.90. The van der Waals surface area contributed by atoms with E-state index in [0.717, 1.165) is 17.0 Å². The van der Waals surface area contributed by atoms with Crippen LogP contribution in [-0.2, 0) is 0 Å². The smallest absolute Gasteiger partial charge is 0.199 e. The zero-order chi connectivity index (χ0) is 15.1. The van der Waals surface area contributed by atoms with Crippen LogP contribution in [0.5, 0.6) is 5.75 Å². The summed E-state index contributed by atoms with van der Waals surface area (Å²) in [6.45, 7) is 3.84. The lowest BCUT2D eigenvalue weighted by atomic mass is 10.2. The Kier molecular flexibility index (Phi) is 3.47. The number of fused-ring (bicyclic) bond motifs is 1. The monoisotopic (exact) mass is 322 g/mol. The fourth-order valence-electron chi connectivity index (χ4n) is 2.20. The zero-order valence-electron chi connectivity index (χ0n) is 11.7. The second-order valence-electron chi connectivity index (χ2n) is 4.60. The van der Waals surface area contributed by atoms with E-state index >= 15 is 0 Å². The number of ether oxygens (including phenoxy) is 1. The summed E-state index contributed by atoms with van der Waals surface area (Å²) in [4.78, 5) is 4.25. The van der Waals surface area contributed by atoms with Crippen molar-refractivity contribution >= 4 is 28.8 Å². The average molecular weight is 323 g/mol. The molecule has 0 N–H and O–H groups in total. The predicted molar refractivity (Wildman–Crippen MR) is 82.3 cm³/mol. The van der Waals surface area contributed by atoms with Gasteiger partial charge in [-0.3, -0.25) is 4.40 Å². The largest absolute Gasteiger partial charge is 0.496 e. The van der Waals surface area contributed by atoms with Crippen molar-refractivity contribution in [2.24, 2.45) is 0 Å². The molecular formula is C14H12Cl2N4O. The number of methoxy groups -OCH3 is 1. The number of benzene rings is 1. The molecule has 21 heavy (non-hydrogen) atoms. The van der Waals surface area contributed by atoms with Gasteiger partial charge in [0.2, 0.25) is 0 Å². The molecule has 108 valence electrons. The van der Waals surface area contributed by atoms with E-state index in [4.69, 9.17) is 27.9 Å². The second-order valence-corrected chi connectivity index (χ2v) is 5.40. The first-order chi connectivity index (χ1) is 10.0. The quantitative estimate of drug-likeness (QED) is 0.721. The van der Waals surface area contributed by atoms with Gasteiger partial charge in [0.15, 0.2) is 16.6 Å². The van der Waals surface area contributed by atoms with Gasteiger partial charge in [0.1, 0.15) is 5.75 Å². The topological polar surface area (TPSA) is 52.3 Å². The first-order valence-corrected chi connectivity index (χ1v) is 7.00. The van der Waals surface area contributed by atoms with Crippen LogP contribution in [0.3, 0.4) is 0 Å². The lowest BCUT2D eigenvalue weighted by molar-refractivity contribution is 0.416. The molecule has 2 heterocycles. The van der Waals surface area contributed by atoms with E-state index in [9.17, 15) is 0 Å². The molecule has 0 fully saturated rings. The van der Waals surface area contributed by atoms with Crippen LogP contribution in [0.25, 0.3) is 17.0 Å². The van der Waals surface area contributed by atoms with Crippen LogP contribution in [0, 0.1) is 13.8 Å². The first-order valence-electron chi connectivity index (χ1n) is 6.24. The summed E-state index contributed by atoms with van der Waals surface area (Å²) >= 11 is 12.2. The molecule has 3 rings (SSSR count). The van der Waals surface area contributed by atoms with E-state index < -0.39 is 0 Å². The SMILES string of the molecule is COc1cc(Cl)ccc1-c1nnc2c(Cl)nc(C)c(C)n12. The summed E-state index contributed by atoms with van der Waals surface area (Å²) in [6.07, 6.45) is 0. The molecule has 0 radical (unpaired) electrons. The highest BCUT2D eigenvalue weighted by Crippen LogP contribution is 2.33. The number of halogens is 2. The molecule has 0 atom stereocenters. The van der Waals surface area contributed by atoms with Crippen molar-refractivity contribution in [2.75, 3.05) is 7.11 Å². The Morgan fingerprint density at radius 3 is 2.62 bits per heavy atom. The lowest BCUT2D eigenvalue weighted by Crippen LogP contribution is -2.01. The van der Waals surface area contributed by atoms with Gasteiger partial charge in [0.25, 0.3) is 0 Å². The second kappa shape index (κ2) is 5.16. The van der Waals surface area contributed by atoms with Gasteiger partial charge >= 0.3 is 0 Å². The number of nitrogens with zero attached hydrogens (tertiary/aromatic N) is 4. The fraction of sp³-hybridized carbons (Fsp3) is 0.214. The van der Waals surface area contributed by atoms with Crippen molar-refractivity contribution in [1.29, 1.82) is 0 Å². The maximum Gasteiger partial charge on any atom is 0.199 e. The molecule has 0 saturated carbocycles. The molecule has 7 heteroatoms. The minimum absolute atomic E-state index is 0.324. The van der Waals surface area contributed by atoms with Crippen LogP contribution in [-0.4, -0.2) is 26.7 Å². The van der Waals surface area contributed by atoms with Gasteiger partial charge in [0, 0.05) is 10.7 Å². The van der Waals surface area contributed by atoms with Gasteiger partial charge < -0.3 is 4.74 Å². The molecule has 0 aliphatic heterocycles. The molecule has 3 aromatic rings. The van der Waals surface area contributed by atoms with Crippen LogP contribution in [0.2, 0.25) is 10.2 Å². The summed E-state index contributed by atoms with van der Waals surface area (Å²) in [5.74, 6) is 1.27. The van der Waals surface area contributed by atoms with Crippen molar-refractivity contribution in [2.45, 2.75) is 13.8 Å². The van der Waals surface area contributed by atoms with E-state index in [1.807, 2.05) is 24.3 Å². The molecule has 0 saturated heterocycles. The highest BCUT2D eigenvalue weighted by atomic mass is 35.5. The predicted octanol–water partition coefficient (Wildman–Crippen LogP) is 3.72. The summed E-state index contributed by atoms with van der Waals surface area (Å²) < 4.78 is 7.26. The number of aryl methyl sites for hydroxylation is 2. The Morgan fingerprint density at radius 2 is 1.90 bits per heavy atom. The Balaban J connectivity index is 2.36. The molecular weight excluding hydrogens is 311 g/mol. The standard InChI is InChI=1S/C14H12Cl2N4O/c1-7-8(2)20-13(18-19-14(20)12(16)17-7)10-5-4-9(15)6-11(10)21-3/h4-6H,1-3H3. The van der Waals surface area contributed by atoms with Gasteiger partial charge in [0.05, 0.1) is 18.4 Å². The molecule has 0 unspecified atom stereocenters. The first kappa shape index (κ1) is 14.1. The normalized spacial score (nSPS) is 11.1. The molecule has 2 aromatic heterocycles. The van der Waals surface area contributed by atoms with E-state index in [1.165, 1.54) is 0 Å². The molecule has 0 aliphatic carbocycles. The van der Waals surface area contributed by atoms with Crippen molar-refractivity contribution in [1.82, 2.24) is 19.6 Å². The van der Waals surface area contributed by atoms with Gasteiger partial charge in [-0.25, -0.2) is 4.98 Å².